The molecule has 0 heterocycles. The quantitative estimate of drug-likeness (QED) is 0.0953. The van der Waals surface area contributed by atoms with Crippen LogP contribution in [0, 0.1) is 0 Å². The number of alkyl halides is 3. The highest BCUT2D eigenvalue weighted by Crippen LogP contribution is 2.24. The third-order valence-corrected chi connectivity index (χ3v) is 6.35. The molecule has 0 N–H and O–H groups in total. The van der Waals surface area contributed by atoms with Crippen LogP contribution < -0.4 is 9.47 Å². The first kappa shape index (κ1) is 32.7. The molecule has 1 atom stereocenters. The summed E-state index contributed by atoms with van der Waals surface area (Å²) in [5.41, 5.74) is 2.53. The van der Waals surface area contributed by atoms with E-state index < -0.39 is 24.7 Å². The van der Waals surface area contributed by atoms with E-state index in [0.717, 1.165) is 36.8 Å². The summed E-state index contributed by atoms with van der Waals surface area (Å²) in [4.78, 5) is 25.0. The van der Waals surface area contributed by atoms with Crippen LogP contribution in [0.25, 0.3) is 11.1 Å². The van der Waals surface area contributed by atoms with E-state index >= 15 is 0 Å². The van der Waals surface area contributed by atoms with Gasteiger partial charge in [0.25, 0.3) is 0 Å². The lowest BCUT2D eigenvalue weighted by Crippen LogP contribution is -2.18. The van der Waals surface area contributed by atoms with Crippen molar-refractivity contribution >= 4 is 11.9 Å². The molecule has 0 bridgehead atoms. The number of esters is 2. The first-order valence-corrected chi connectivity index (χ1v) is 14.2. The third kappa shape index (κ3) is 11.6. The summed E-state index contributed by atoms with van der Waals surface area (Å²) < 4.78 is 57.3. The average molecular weight is 587 g/mol. The van der Waals surface area contributed by atoms with Crippen LogP contribution in [0.2, 0.25) is 0 Å². The van der Waals surface area contributed by atoms with E-state index in [1.54, 1.807) is 60.7 Å². The summed E-state index contributed by atoms with van der Waals surface area (Å²) in [6.07, 6.45) is 1.17. The Labute approximate surface area is 244 Å². The van der Waals surface area contributed by atoms with Gasteiger partial charge in [-0.3, -0.25) is 0 Å². The van der Waals surface area contributed by atoms with E-state index in [-0.39, 0.29) is 19.3 Å². The van der Waals surface area contributed by atoms with Crippen LogP contribution >= 0.6 is 0 Å². The van der Waals surface area contributed by atoms with E-state index in [2.05, 4.69) is 11.7 Å². The maximum Gasteiger partial charge on any atom is 0.411 e. The lowest BCUT2D eigenvalue weighted by Gasteiger charge is -2.13. The Balaban J connectivity index is 1.44. The summed E-state index contributed by atoms with van der Waals surface area (Å²) >= 11 is 0. The molecule has 0 aliphatic carbocycles. The number of halogens is 3. The number of hydrogen-bond donors (Lipinski definition) is 0. The summed E-state index contributed by atoms with van der Waals surface area (Å²) in [5, 5.41) is 0. The molecule has 9 heteroatoms. The zero-order valence-corrected chi connectivity index (χ0v) is 24.0. The molecule has 0 aliphatic rings. The Morgan fingerprint density at radius 3 is 1.90 bits per heavy atom. The number of rotatable bonds is 16. The number of carbonyl (C=O) groups is 2. The number of carbonyl (C=O) groups excluding carboxylic acids is 2. The van der Waals surface area contributed by atoms with Crippen molar-refractivity contribution in [3.63, 3.8) is 0 Å². The molecule has 6 nitrogen and oxygen atoms in total. The van der Waals surface area contributed by atoms with E-state index in [9.17, 15) is 22.8 Å². The fourth-order valence-corrected chi connectivity index (χ4v) is 4.07. The van der Waals surface area contributed by atoms with Crippen molar-refractivity contribution in [1.82, 2.24) is 0 Å². The van der Waals surface area contributed by atoms with Crippen LogP contribution in [0.1, 0.15) is 73.1 Å². The first-order valence-electron chi connectivity index (χ1n) is 14.2. The predicted molar refractivity (Wildman–Crippen MR) is 154 cm³/mol. The number of ether oxygens (including phenoxy) is 4. The number of hydrogen-bond acceptors (Lipinski definition) is 6. The van der Waals surface area contributed by atoms with Crippen LogP contribution in [0.4, 0.5) is 13.2 Å². The van der Waals surface area contributed by atoms with Gasteiger partial charge in [0.2, 0.25) is 0 Å². The Bertz CT molecular complexity index is 1240. The summed E-state index contributed by atoms with van der Waals surface area (Å²) in [5.74, 6) is -0.0252. The third-order valence-electron chi connectivity index (χ3n) is 6.35. The van der Waals surface area contributed by atoms with Gasteiger partial charge in [-0.15, -0.1) is 0 Å². The lowest BCUT2D eigenvalue weighted by molar-refractivity contribution is -0.174. The SMILES string of the molecule is CCCCCCC(C)OC(=O)c1ccc(OC(=O)c2ccc(-c3ccc(OCCCOCC(F)(F)F)cc3)cc2)cc1. The molecule has 0 spiro atoms. The second-order valence-corrected chi connectivity index (χ2v) is 9.95. The molecule has 0 saturated heterocycles. The molecule has 1 unspecified atom stereocenters. The van der Waals surface area contributed by atoms with E-state index in [0.29, 0.717) is 29.0 Å². The van der Waals surface area contributed by atoms with Crippen molar-refractivity contribution in [1.29, 1.82) is 0 Å². The van der Waals surface area contributed by atoms with Crippen molar-refractivity contribution in [2.24, 2.45) is 0 Å². The topological polar surface area (TPSA) is 71.1 Å². The average Bonchev–Trinajstić information content (AvgIpc) is 2.97. The Morgan fingerprint density at radius 1 is 0.714 bits per heavy atom. The summed E-state index contributed by atoms with van der Waals surface area (Å²) in [7, 11) is 0. The normalized spacial score (nSPS) is 12.0. The van der Waals surface area contributed by atoms with Crippen molar-refractivity contribution in [2.75, 3.05) is 19.8 Å². The van der Waals surface area contributed by atoms with Crippen molar-refractivity contribution < 1.29 is 41.7 Å². The van der Waals surface area contributed by atoms with Gasteiger partial charge >= 0.3 is 18.1 Å². The molecule has 0 aromatic heterocycles. The first-order chi connectivity index (χ1) is 20.1. The summed E-state index contributed by atoms with van der Waals surface area (Å²) in [6, 6.07) is 20.4. The molecule has 0 radical (unpaired) electrons. The smallest absolute Gasteiger partial charge is 0.411 e. The van der Waals surface area contributed by atoms with Gasteiger partial charge < -0.3 is 18.9 Å². The van der Waals surface area contributed by atoms with Crippen LogP contribution in [0.5, 0.6) is 11.5 Å². The van der Waals surface area contributed by atoms with Crippen molar-refractivity contribution in [3.8, 4) is 22.6 Å². The van der Waals surface area contributed by atoms with Gasteiger partial charge in [0.15, 0.2) is 0 Å². The fraction of sp³-hybridized carbons (Fsp3) is 0.394. The zero-order chi connectivity index (χ0) is 30.4. The molecule has 0 aliphatic heterocycles. The minimum Gasteiger partial charge on any atom is -0.494 e. The summed E-state index contributed by atoms with van der Waals surface area (Å²) in [6.45, 7) is 2.98. The minimum atomic E-state index is -4.33. The van der Waals surface area contributed by atoms with E-state index in [1.807, 2.05) is 19.1 Å². The van der Waals surface area contributed by atoms with Crippen molar-refractivity contribution in [2.45, 2.75) is 64.7 Å². The number of unbranched alkanes of at least 4 members (excludes halogenated alkanes) is 3. The maximum absolute atomic E-state index is 12.6. The van der Waals surface area contributed by atoms with Crippen molar-refractivity contribution in [3.05, 3.63) is 83.9 Å². The Kier molecular flexibility index (Phi) is 12.9. The Hall–Kier alpha value is -3.85. The molecule has 3 rings (SSSR count). The predicted octanol–water partition coefficient (Wildman–Crippen LogP) is 8.44. The highest BCUT2D eigenvalue weighted by Gasteiger charge is 2.27. The van der Waals surface area contributed by atoms with Gasteiger partial charge in [0.05, 0.1) is 30.4 Å². The van der Waals surface area contributed by atoms with E-state index in [4.69, 9.17) is 14.2 Å². The molecule has 0 fully saturated rings. The largest absolute Gasteiger partial charge is 0.494 e. The van der Waals surface area contributed by atoms with Crippen LogP contribution in [0.15, 0.2) is 72.8 Å². The Morgan fingerprint density at radius 2 is 1.29 bits per heavy atom. The van der Waals surface area contributed by atoms with Crippen LogP contribution in [-0.4, -0.2) is 44.0 Å². The van der Waals surface area contributed by atoms with Gasteiger partial charge in [0, 0.05) is 6.42 Å². The van der Waals surface area contributed by atoms with Gasteiger partial charge in [-0.05, 0) is 79.4 Å². The lowest BCUT2D eigenvalue weighted by atomic mass is 10.0. The van der Waals surface area contributed by atoms with Gasteiger partial charge in [0.1, 0.15) is 18.1 Å². The maximum atomic E-state index is 12.6. The van der Waals surface area contributed by atoms with Crippen LogP contribution in [-0.2, 0) is 9.47 Å². The van der Waals surface area contributed by atoms with Gasteiger partial charge in [-0.2, -0.15) is 13.2 Å². The standard InChI is InChI=1S/C33H37F3O6/c1-3-4-5-6-8-24(2)41-31(37)28-15-19-30(20-16-28)42-32(38)27-11-9-25(10-12-27)26-13-17-29(18-14-26)40-22-7-21-39-23-33(34,35)36/h9-20,24H,3-8,21-23H2,1-2H3. The van der Waals surface area contributed by atoms with E-state index in [1.165, 1.54) is 6.42 Å². The number of benzene rings is 3. The molecular weight excluding hydrogens is 549 g/mol. The highest BCUT2D eigenvalue weighted by molar-refractivity contribution is 5.92. The second-order valence-electron chi connectivity index (χ2n) is 9.95. The highest BCUT2D eigenvalue weighted by atomic mass is 19.4. The molecular formula is C33H37F3O6. The molecule has 3 aromatic carbocycles. The molecule has 0 saturated carbocycles. The zero-order valence-electron chi connectivity index (χ0n) is 24.0. The molecule has 3 aromatic rings. The molecule has 226 valence electrons. The minimum absolute atomic E-state index is 0.0367. The van der Waals surface area contributed by atoms with Gasteiger partial charge in [-0.25, -0.2) is 9.59 Å². The monoisotopic (exact) mass is 586 g/mol. The molecule has 0 amide bonds. The fourth-order valence-electron chi connectivity index (χ4n) is 4.07. The van der Waals surface area contributed by atoms with Crippen LogP contribution in [0.3, 0.4) is 0 Å². The van der Waals surface area contributed by atoms with Gasteiger partial charge in [-0.1, -0.05) is 50.5 Å². The molecule has 42 heavy (non-hydrogen) atoms. The second kappa shape index (κ2) is 16.6.